The van der Waals surface area contributed by atoms with E-state index < -0.39 is 34.4 Å². The van der Waals surface area contributed by atoms with Crippen molar-refractivity contribution in [3.05, 3.63) is 124 Å². The first-order valence-corrected chi connectivity index (χ1v) is 15.3. The second kappa shape index (κ2) is 14.4. The lowest BCUT2D eigenvalue weighted by molar-refractivity contribution is -0.142. The Morgan fingerprint density at radius 2 is 1.56 bits per heavy atom. The molecule has 0 aliphatic carbocycles. The largest absolute Gasteiger partial charge is 0.484 e. The molecule has 0 bridgehead atoms. The third-order valence-corrected chi connectivity index (χ3v) is 8.46. The Hall–Kier alpha value is -4.12. The maximum atomic E-state index is 13.4. The standard InChI is InChI=1S/C31H28Cl2FN3O5S/c1-21(31(39)35-18-23-4-2-3-5-29(23)33)37(19-22-6-8-24(32)9-7-22)30(38)20-42-27-14-16-28(17-15-27)43(40,41)36-26-12-10-25(34)11-13-26/h2-17,21,36H,18-20H2,1H3,(H,35,39)/t21-/m0/s1. The molecular weight excluding hydrogens is 616 g/mol. The van der Waals surface area contributed by atoms with Crippen LogP contribution in [0.15, 0.2) is 102 Å². The summed E-state index contributed by atoms with van der Waals surface area (Å²) in [5.41, 5.74) is 1.70. The highest BCUT2D eigenvalue weighted by molar-refractivity contribution is 7.92. The molecule has 4 rings (SSSR count). The summed E-state index contributed by atoms with van der Waals surface area (Å²) in [7, 11) is -3.94. The number of benzene rings is 4. The molecule has 0 aromatic heterocycles. The van der Waals surface area contributed by atoms with Crippen LogP contribution in [0, 0.1) is 5.82 Å². The number of ether oxygens (including phenoxy) is 1. The normalized spacial score (nSPS) is 11.8. The Morgan fingerprint density at radius 3 is 2.21 bits per heavy atom. The van der Waals surface area contributed by atoms with E-state index in [0.29, 0.717) is 10.0 Å². The average Bonchev–Trinajstić information content (AvgIpc) is 3.00. The molecule has 2 amide bonds. The quantitative estimate of drug-likeness (QED) is 0.196. The number of rotatable bonds is 12. The third kappa shape index (κ3) is 8.93. The molecule has 2 N–H and O–H groups in total. The van der Waals surface area contributed by atoms with Crippen molar-refractivity contribution in [3.63, 3.8) is 0 Å². The maximum Gasteiger partial charge on any atom is 0.261 e. The highest BCUT2D eigenvalue weighted by Crippen LogP contribution is 2.21. The van der Waals surface area contributed by atoms with E-state index >= 15 is 0 Å². The van der Waals surface area contributed by atoms with Crippen LogP contribution in [-0.4, -0.2) is 37.8 Å². The summed E-state index contributed by atoms with van der Waals surface area (Å²) in [4.78, 5) is 27.8. The minimum atomic E-state index is -3.94. The first-order valence-electron chi connectivity index (χ1n) is 13.1. The monoisotopic (exact) mass is 643 g/mol. The molecule has 0 aliphatic rings. The van der Waals surface area contributed by atoms with Gasteiger partial charge in [-0.15, -0.1) is 0 Å². The topological polar surface area (TPSA) is 105 Å². The maximum absolute atomic E-state index is 13.4. The predicted molar refractivity (Wildman–Crippen MR) is 164 cm³/mol. The van der Waals surface area contributed by atoms with Crippen molar-refractivity contribution in [1.29, 1.82) is 0 Å². The van der Waals surface area contributed by atoms with Crippen molar-refractivity contribution < 1.29 is 27.1 Å². The van der Waals surface area contributed by atoms with Crippen molar-refractivity contribution in [2.24, 2.45) is 0 Å². The average molecular weight is 645 g/mol. The van der Waals surface area contributed by atoms with E-state index in [1.54, 1.807) is 49.4 Å². The van der Waals surface area contributed by atoms with Gasteiger partial charge in [0.05, 0.1) is 4.90 Å². The Balaban J connectivity index is 1.42. The van der Waals surface area contributed by atoms with Crippen molar-refractivity contribution in [1.82, 2.24) is 10.2 Å². The highest BCUT2D eigenvalue weighted by Gasteiger charge is 2.27. The Bertz CT molecular complexity index is 1670. The second-order valence-corrected chi connectivity index (χ2v) is 12.0. The number of sulfonamides is 1. The SMILES string of the molecule is C[C@@H](C(=O)NCc1ccccc1Cl)N(Cc1ccc(Cl)cc1)C(=O)COc1ccc(S(=O)(=O)Nc2ccc(F)cc2)cc1. The molecule has 12 heteroatoms. The van der Waals surface area contributed by atoms with Crippen molar-refractivity contribution in [2.45, 2.75) is 31.0 Å². The van der Waals surface area contributed by atoms with Crippen LogP contribution in [0.4, 0.5) is 10.1 Å². The summed E-state index contributed by atoms with van der Waals surface area (Å²) in [5, 5.41) is 3.88. The molecule has 8 nitrogen and oxygen atoms in total. The molecule has 1 atom stereocenters. The molecule has 0 aliphatic heterocycles. The van der Waals surface area contributed by atoms with Crippen molar-refractivity contribution >= 4 is 50.7 Å². The Labute approximate surface area is 259 Å². The summed E-state index contributed by atoms with van der Waals surface area (Å²) in [6, 6.07) is 23.6. The van der Waals surface area contributed by atoms with Gasteiger partial charge >= 0.3 is 0 Å². The van der Waals surface area contributed by atoms with Crippen molar-refractivity contribution in [2.75, 3.05) is 11.3 Å². The number of carbonyl (C=O) groups is 2. The number of carbonyl (C=O) groups excluding carboxylic acids is 2. The number of hydrogen-bond donors (Lipinski definition) is 2. The molecule has 0 unspecified atom stereocenters. The van der Waals surface area contributed by atoms with E-state index in [1.165, 1.54) is 41.3 Å². The second-order valence-electron chi connectivity index (χ2n) is 9.51. The van der Waals surface area contributed by atoms with Gasteiger partial charge in [-0.3, -0.25) is 14.3 Å². The molecule has 0 saturated heterocycles. The smallest absolute Gasteiger partial charge is 0.261 e. The van der Waals surface area contributed by atoms with Crippen LogP contribution in [0.1, 0.15) is 18.1 Å². The fourth-order valence-electron chi connectivity index (χ4n) is 4.02. The number of anilines is 1. The zero-order chi connectivity index (χ0) is 31.0. The van der Waals surface area contributed by atoms with Crippen LogP contribution < -0.4 is 14.8 Å². The molecule has 0 fully saturated rings. The first kappa shape index (κ1) is 31.8. The molecule has 0 saturated carbocycles. The minimum Gasteiger partial charge on any atom is -0.484 e. The van der Waals surface area contributed by atoms with Gasteiger partial charge in [-0.25, -0.2) is 12.8 Å². The van der Waals surface area contributed by atoms with E-state index in [4.69, 9.17) is 27.9 Å². The number of nitrogens with one attached hydrogen (secondary N) is 2. The summed E-state index contributed by atoms with van der Waals surface area (Å²) in [6.45, 7) is 1.51. The van der Waals surface area contributed by atoms with Crippen LogP contribution in [0.2, 0.25) is 10.0 Å². The first-order chi connectivity index (χ1) is 20.5. The molecule has 0 heterocycles. The van der Waals surface area contributed by atoms with Gasteiger partial charge in [0.1, 0.15) is 17.6 Å². The lowest BCUT2D eigenvalue weighted by Crippen LogP contribution is -2.48. The predicted octanol–water partition coefficient (Wildman–Crippen LogP) is 6.05. The van der Waals surface area contributed by atoms with E-state index in [9.17, 15) is 22.4 Å². The summed E-state index contributed by atoms with van der Waals surface area (Å²) < 4.78 is 46.5. The van der Waals surface area contributed by atoms with Gasteiger partial charge in [-0.2, -0.15) is 0 Å². The van der Waals surface area contributed by atoms with Gasteiger partial charge in [0.25, 0.3) is 15.9 Å². The molecule has 4 aromatic carbocycles. The number of nitrogens with zero attached hydrogens (tertiary/aromatic N) is 1. The summed E-state index contributed by atoms with van der Waals surface area (Å²) in [6.07, 6.45) is 0. The third-order valence-electron chi connectivity index (χ3n) is 6.44. The molecule has 43 heavy (non-hydrogen) atoms. The molecular formula is C31H28Cl2FN3O5S. The van der Waals surface area contributed by atoms with E-state index in [2.05, 4.69) is 10.0 Å². The van der Waals surface area contributed by atoms with Gasteiger partial charge in [0.2, 0.25) is 5.91 Å². The van der Waals surface area contributed by atoms with E-state index in [1.807, 2.05) is 6.07 Å². The van der Waals surface area contributed by atoms with Crippen LogP contribution >= 0.6 is 23.2 Å². The minimum absolute atomic E-state index is 0.0521. The molecule has 224 valence electrons. The van der Waals surface area contributed by atoms with Gasteiger partial charge < -0.3 is 15.0 Å². The Kier molecular flexibility index (Phi) is 10.6. The van der Waals surface area contributed by atoms with Gasteiger partial charge in [0, 0.05) is 28.8 Å². The van der Waals surface area contributed by atoms with Gasteiger partial charge in [-0.1, -0.05) is 53.5 Å². The number of halogens is 3. The summed E-state index contributed by atoms with van der Waals surface area (Å²) in [5.74, 6) is -1.09. The fourth-order valence-corrected chi connectivity index (χ4v) is 5.40. The van der Waals surface area contributed by atoms with Gasteiger partial charge in [0.15, 0.2) is 6.61 Å². The number of amides is 2. The lowest BCUT2D eigenvalue weighted by atomic mass is 10.1. The molecule has 4 aromatic rings. The fraction of sp³-hybridized carbons (Fsp3) is 0.161. The van der Waals surface area contributed by atoms with E-state index in [0.717, 1.165) is 23.3 Å². The van der Waals surface area contributed by atoms with E-state index in [-0.39, 0.29) is 35.3 Å². The van der Waals surface area contributed by atoms with Crippen LogP contribution in [0.25, 0.3) is 0 Å². The zero-order valence-electron chi connectivity index (χ0n) is 23.0. The lowest BCUT2D eigenvalue weighted by Gasteiger charge is -2.29. The zero-order valence-corrected chi connectivity index (χ0v) is 25.3. The number of hydrogen-bond acceptors (Lipinski definition) is 5. The van der Waals surface area contributed by atoms with Gasteiger partial charge in [-0.05, 0) is 84.8 Å². The summed E-state index contributed by atoms with van der Waals surface area (Å²) >= 11 is 12.2. The van der Waals surface area contributed by atoms with Crippen LogP contribution in [0.5, 0.6) is 5.75 Å². The van der Waals surface area contributed by atoms with Crippen LogP contribution in [-0.2, 0) is 32.7 Å². The molecule has 0 radical (unpaired) electrons. The molecule has 0 spiro atoms. The van der Waals surface area contributed by atoms with Crippen molar-refractivity contribution in [3.8, 4) is 5.75 Å². The Morgan fingerprint density at radius 1 is 0.907 bits per heavy atom. The highest BCUT2D eigenvalue weighted by atomic mass is 35.5. The van der Waals surface area contributed by atoms with Crippen LogP contribution in [0.3, 0.4) is 0 Å².